The standard InChI is InChI=1S/C17H26N2O2/c1-4-6-13-9-12(16(20)21)10-15(18-13)19-14-7-5-8-17(2,3)11-14/h9-10,14H,4-8,11H2,1-3H3,(H,18,19)(H,20,21). The molecule has 1 aliphatic carbocycles. The number of carboxylic acids is 1. The average molecular weight is 290 g/mol. The number of hydrogen-bond acceptors (Lipinski definition) is 3. The first-order valence-corrected chi connectivity index (χ1v) is 7.90. The number of pyridine rings is 1. The molecule has 0 radical (unpaired) electrons. The van der Waals surface area contributed by atoms with E-state index in [1.807, 2.05) is 0 Å². The van der Waals surface area contributed by atoms with Crippen molar-refractivity contribution in [1.29, 1.82) is 0 Å². The smallest absolute Gasteiger partial charge is 0.335 e. The van der Waals surface area contributed by atoms with E-state index < -0.39 is 5.97 Å². The molecule has 116 valence electrons. The van der Waals surface area contributed by atoms with Crippen LogP contribution in [-0.4, -0.2) is 22.1 Å². The lowest BCUT2D eigenvalue weighted by Gasteiger charge is -2.35. The van der Waals surface area contributed by atoms with Crippen LogP contribution in [0.25, 0.3) is 0 Å². The molecule has 1 aliphatic rings. The van der Waals surface area contributed by atoms with Gasteiger partial charge in [-0.2, -0.15) is 0 Å². The first kappa shape index (κ1) is 15.8. The molecule has 0 spiro atoms. The highest BCUT2D eigenvalue weighted by molar-refractivity contribution is 5.88. The third-order valence-electron chi connectivity index (χ3n) is 4.19. The van der Waals surface area contributed by atoms with Crippen molar-refractivity contribution < 1.29 is 9.90 Å². The molecule has 1 saturated carbocycles. The second-order valence-electron chi connectivity index (χ2n) is 6.89. The van der Waals surface area contributed by atoms with Crippen molar-refractivity contribution in [2.45, 2.75) is 65.3 Å². The topological polar surface area (TPSA) is 62.2 Å². The Bertz CT molecular complexity index is 512. The molecule has 1 heterocycles. The molecule has 21 heavy (non-hydrogen) atoms. The number of hydrogen-bond donors (Lipinski definition) is 2. The number of carboxylic acid groups (broad SMARTS) is 1. The Hall–Kier alpha value is -1.58. The molecule has 2 rings (SSSR count). The summed E-state index contributed by atoms with van der Waals surface area (Å²) in [5.41, 5.74) is 1.54. The molecule has 0 aliphatic heterocycles. The summed E-state index contributed by atoms with van der Waals surface area (Å²) in [6.07, 6.45) is 6.48. The summed E-state index contributed by atoms with van der Waals surface area (Å²) in [7, 11) is 0. The van der Waals surface area contributed by atoms with Gasteiger partial charge in [0.2, 0.25) is 0 Å². The van der Waals surface area contributed by atoms with Crippen molar-refractivity contribution in [3.63, 3.8) is 0 Å². The molecule has 4 nitrogen and oxygen atoms in total. The van der Waals surface area contributed by atoms with Gasteiger partial charge in [0.25, 0.3) is 0 Å². The Labute approximate surface area is 127 Å². The monoisotopic (exact) mass is 290 g/mol. The van der Waals surface area contributed by atoms with Crippen molar-refractivity contribution >= 4 is 11.8 Å². The molecule has 1 fully saturated rings. The number of carbonyl (C=O) groups is 1. The number of nitrogens with zero attached hydrogens (tertiary/aromatic N) is 1. The van der Waals surface area contributed by atoms with Crippen LogP contribution in [-0.2, 0) is 6.42 Å². The molecular weight excluding hydrogens is 264 g/mol. The van der Waals surface area contributed by atoms with Crippen LogP contribution < -0.4 is 5.32 Å². The molecule has 0 bridgehead atoms. The molecule has 1 atom stereocenters. The summed E-state index contributed by atoms with van der Waals surface area (Å²) < 4.78 is 0. The number of nitrogens with one attached hydrogen (secondary N) is 1. The maximum Gasteiger partial charge on any atom is 0.335 e. The fraction of sp³-hybridized carbons (Fsp3) is 0.647. The fourth-order valence-electron chi connectivity index (χ4n) is 3.20. The predicted octanol–water partition coefficient (Wildman–Crippen LogP) is 4.11. The van der Waals surface area contributed by atoms with Crippen LogP contribution >= 0.6 is 0 Å². The molecule has 1 aromatic heterocycles. The highest BCUT2D eigenvalue weighted by Crippen LogP contribution is 2.36. The third kappa shape index (κ3) is 4.45. The maximum absolute atomic E-state index is 11.2. The zero-order valence-corrected chi connectivity index (χ0v) is 13.3. The van der Waals surface area contributed by atoms with Crippen LogP contribution in [0.2, 0.25) is 0 Å². The highest BCUT2D eigenvalue weighted by atomic mass is 16.4. The van der Waals surface area contributed by atoms with Gasteiger partial charge in [0, 0.05) is 11.7 Å². The van der Waals surface area contributed by atoms with E-state index >= 15 is 0 Å². The summed E-state index contributed by atoms with van der Waals surface area (Å²) >= 11 is 0. The van der Waals surface area contributed by atoms with Crippen molar-refractivity contribution in [2.75, 3.05) is 5.32 Å². The first-order chi connectivity index (χ1) is 9.89. The summed E-state index contributed by atoms with van der Waals surface area (Å²) in [6, 6.07) is 3.73. The molecule has 0 amide bonds. The molecule has 1 unspecified atom stereocenters. The van der Waals surface area contributed by atoms with E-state index in [1.165, 1.54) is 12.8 Å². The van der Waals surface area contributed by atoms with Crippen LogP contribution in [0.1, 0.15) is 68.9 Å². The Morgan fingerprint density at radius 1 is 1.48 bits per heavy atom. The van der Waals surface area contributed by atoms with Gasteiger partial charge < -0.3 is 10.4 Å². The van der Waals surface area contributed by atoms with Gasteiger partial charge in [-0.25, -0.2) is 9.78 Å². The lowest BCUT2D eigenvalue weighted by molar-refractivity contribution is 0.0696. The fourth-order valence-corrected chi connectivity index (χ4v) is 3.20. The average Bonchev–Trinajstić information content (AvgIpc) is 2.37. The molecule has 0 saturated heterocycles. The molecular formula is C17H26N2O2. The normalized spacial score (nSPS) is 21.0. The van der Waals surface area contributed by atoms with Gasteiger partial charge in [0.05, 0.1) is 5.56 Å². The Morgan fingerprint density at radius 2 is 2.24 bits per heavy atom. The minimum absolute atomic E-state index is 0.325. The van der Waals surface area contributed by atoms with Crippen LogP contribution in [0.4, 0.5) is 5.82 Å². The van der Waals surface area contributed by atoms with Gasteiger partial charge in [-0.05, 0) is 43.2 Å². The molecule has 1 aromatic rings. The number of aryl methyl sites for hydroxylation is 1. The van der Waals surface area contributed by atoms with Gasteiger partial charge in [0.1, 0.15) is 5.82 Å². The van der Waals surface area contributed by atoms with Gasteiger partial charge in [-0.1, -0.05) is 33.6 Å². The number of aromatic nitrogens is 1. The lowest BCUT2D eigenvalue weighted by atomic mass is 9.75. The number of rotatable bonds is 5. The second kappa shape index (κ2) is 6.46. The van der Waals surface area contributed by atoms with E-state index in [9.17, 15) is 9.90 Å². The van der Waals surface area contributed by atoms with E-state index in [4.69, 9.17) is 0 Å². The van der Waals surface area contributed by atoms with E-state index in [2.05, 4.69) is 31.1 Å². The number of aromatic carboxylic acids is 1. The molecule has 0 aromatic carbocycles. The van der Waals surface area contributed by atoms with Crippen LogP contribution in [0.15, 0.2) is 12.1 Å². The highest BCUT2D eigenvalue weighted by Gasteiger charge is 2.28. The minimum Gasteiger partial charge on any atom is -0.478 e. The Balaban J connectivity index is 2.16. The second-order valence-corrected chi connectivity index (χ2v) is 6.89. The minimum atomic E-state index is -0.887. The van der Waals surface area contributed by atoms with Gasteiger partial charge in [-0.3, -0.25) is 0 Å². The van der Waals surface area contributed by atoms with E-state index in [0.717, 1.165) is 31.4 Å². The van der Waals surface area contributed by atoms with Crippen LogP contribution in [0.3, 0.4) is 0 Å². The maximum atomic E-state index is 11.2. The predicted molar refractivity (Wildman–Crippen MR) is 84.9 cm³/mol. The zero-order chi connectivity index (χ0) is 15.5. The van der Waals surface area contributed by atoms with Crippen molar-refractivity contribution in [3.8, 4) is 0 Å². The van der Waals surface area contributed by atoms with E-state index in [0.29, 0.717) is 22.8 Å². The van der Waals surface area contributed by atoms with E-state index in [-0.39, 0.29) is 0 Å². The summed E-state index contributed by atoms with van der Waals surface area (Å²) in [4.78, 5) is 15.8. The van der Waals surface area contributed by atoms with Crippen LogP contribution in [0.5, 0.6) is 0 Å². The zero-order valence-electron chi connectivity index (χ0n) is 13.3. The summed E-state index contributed by atoms with van der Waals surface area (Å²) in [5.74, 6) is -0.178. The Morgan fingerprint density at radius 3 is 2.86 bits per heavy atom. The van der Waals surface area contributed by atoms with Crippen molar-refractivity contribution in [1.82, 2.24) is 4.98 Å². The van der Waals surface area contributed by atoms with E-state index in [1.54, 1.807) is 12.1 Å². The largest absolute Gasteiger partial charge is 0.478 e. The SMILES string of the molecule is CCCc1cc(C(=O)O)cc(NC2CCCC(C)(C)C2)n1. The first-order valence-electron chi connectivity index (χ1n) is 7.90. The van der Waals surface area contributed by atoms with Gasteiger partial charge >= 0.3 is 5.97 Å². The van der Waals surface area contributed by atoms with Gasteiger partial charge in [-0.15, -0.1) is 0 Å². The van der Waals surface area contributed by atoms with Crippen LogP contribution in [0, 0.1) is 5.41 Å². The van der Waals surface area contributed by atoms with Crippen molar-refractivity contribution in [2.24, 2.45) is 5.41 Å². The quantitative estimate of drug-likeness (QED) is 0.856. The van der Waals surface area contributed by atoms with Crippen molar-refractivity contribution in [3.05, 3.63) is 23.4 Å². The lowest BCUT2D eigenvalue weighted by Crippen LogP contribution is -2.32. The summed E-state index contributed by atoms with van der Waals surface area (Å²) in [6.45, 7) is 6.67. The number of anilines is 1. The van der Waals surface area contributed by atoms with Gasteiger partial charge in [0.15, 0.2) is 0 Å². The molecule has 2 N–H and O–H groups in total. The molecule has 4 heteroatoms. The third-order valence-corrected chi connectivity index (χ3v) is 4.19. The Kier molecular flexibility index (Phi) is 4.86. The summed E-state index contributed by atoms with van der Waals surface area (Å²) in [5, 5.41) is 12.7.